The number of anilines is 2. The topological polar surface area (TPSA) is 123 Å². The number of imide groups is 2. The van der Waals surface area contributed by atoms with Crippen LogP contribution in [-0.4, -0.2) is 98.0 Å². The predicted octanol–water partition coefficient (Wildman–Crippen LogP) is 5.79. The fourth-order valence-electron chi connectivity index (χ4n) is 9.01. The number of piperazine rings is 1. The monoisotopic (exact) mass is 778 g/mol. The Hall–Kier alpha value is -5.72. The van der Waals surface area contributed by atoms with E-state index < -0.39 is 23.8 Å². The van der Waals surface area contributed by atoms with Crippen molar-refractivity contribution < 1.29 is 28.9 Å². The van der Waals surface area contributed by atoms with Crippen molar-refractivity contribution in [1.82, 2.24) is 15.1 Å². The second-order valence-electron chi connectivity index (χ2n) is 15.6. The molecule has 11 nitrogen and oxygen atoms in total. The summed E-state index contributed by atoms with van der Waals surface area (Å²) in [6, 6.07) is 31.8. The molecule has 0 saturated carbocycles. The summed E-state index contributed by atoms with van der Waals surface area (Å²) in [6.07, 6.45) is 4.63. The van der Waals surface area contributed by atoms with Crippen molar-refractivity contribution >= 4 is 53.8 Å². The quantitative estimate of drug-likeness (QED) is 0.105. The van der Waals surface area contributed by atoms with Crippen molar-refractivity contribution in [2.75, 3.05) is 55.6 Å². The van der Waals surface area contributed by atoms with Gasteiger partial charge in [0.25, 0.3) is 11.8 Å². The van der Waals surface area contributed by atoms with Crippen LogP contribution in [0, 0.1) is 5.92 Å². The van der Waals surface area contributed by atoms with E-state index in [4.69, 9.17) is 9.68 Å². The molecule has 4 aromatic carbocycles. The first kappa shape index (κ1) is 39.1. The van der Waals surface area contributed by atoms with Crippen molar-refractivity contribution in [2.24, 2.45) is 5.92 Å². The zero-order valence-corrected chi connectivity index (χ0v) is 32.9. The van der Waals surface area contributed by atoms with Crippen LogP contribution in [0.15, 0.2) is 97.1 Å². The average molecular weight is 779 g/mol. The maximum Gasteiger partial charge on any atom is 0.569 e. The Kier molecular flexibility index (Phi) is 11.7. The summed E-state index contributed by atoms with van der Waals surface area (Å²) in [5.74, 6) is -0.660. The van der Waals surface area contributed by atoms with Crippen molar-refractivity contribution in [3.63, 3.8) is 0 Å². The number of rotatable bonds is 12. The van der Waals surface area contributed by atoms with Crippen molar-refractivity contribution in [1.29, 1.82) is 0 Å². The number of hydrogen-bond donors (Lipinski definition) is 2. The van der Waals surface area contributed by atoms with E-state index in [1.165, 1.54) is 28.8 Å². The number of piperidine rings is 2. The molecule has 3 saturated heterocycles. The summed E-state index contributed by atoms with van der Waals surface area (Å²) < 4.78 is 5.18. The highest BCUT2D eigenvalue weighted by molar-refractivity contribution is 6.23. The maximum absolute atomic E-state index is 13.3. The fraction of sp³-hybridized carbons (Fsp3) is 0.348. The Morgan fingerprint density at radius 1 is 0.724 bits per heavy atom. The lowest BCUT2D eigenvalue weighted by Crippen LogP contribution is -2.54. The summed E-state index contributed by atoms with van der Waals surface area (Å²) in [6.45, 7) is 8.85. The van der Waals surface area contributed by atoms with E-state index in [1.54, 1.807) is 12.1 Å². The van der Waals surface area contributed by atoms with E-state index in [-0.39, 0.29) is 18.7 Å². The molecule has 3 fully saturated rings. The molecule has 0 aromatic heterocycles. The number of amides is 4. The van der Waals surface area contributed by atoms with E-state index in [0.717, 1.165) is 86.8 Å². The molecule has 12 heteroatoms. The molecule has 58 heavy (non-hydrogen) atoms. The van der Waals surface area contributed by atoms with Gasteiger partial charge in [-0.3, -0.25) is 34.3 Å². The number of nitrogens with zero attached hydrogens (tertiary/aromatic N) is 4. The van der Waals surface area contributed by atoms with Crippen LogP contribution < -0.4 is 19.8 Å². The van der Waals surface area contributed by atoms with Gasteiger partial charge in [-0.05, 0) is 115 Å². The smallest absolute Gasteiger partial charge is 0.537 e. The number of hydrogen-bond acceptors (Lipinski definition) is 9. The van der Waals surface area contributed by atoms with Crippen molar-refractivity contribution in [2.45, 2.75) is 51.5 Å². The van der Waals surface area contributed by atoms with Gasteiger partial charge in [0, 0.05) is 57.1 Å². The van der Waals surface area contributed by atoms with Crippen LogP contribution in [0.3, 0.4) is 0 Å². The van der Waals surface area contributed by atoms with Crippen LogP contribution in [0.2, 0.25) is 0 Å². The molecular weight excluding hydrogens is 729 g/mol. The lowest BCUT2D eigenvalue weighted by Gasteiger charge is -2.38. The largest absolute Gasteiger partial charge is 0.569 e. The van der Waals surface area contributed by atoms with Gasteiger partial charge in [-0.2, -0.15) is 0 Å². The first-order valence-electron chi connectivity index (χ1n) is 20.5. The molecule has 4 aliphatic heterocycles. The van der Waals surface area contributed by atoms with E-state index in [1.807, 2.05) is 36.4 Å². The third-order valence-electron chi connectivity index (χ3n) is 12.3. The summed E-state index contributed by atoms with van der Waals surface area (Å²) in [4.78, 5) is 58.9. The molecule has 1 radical (unpaired) electrons. The Morgan fingerprint density at radius 3 is 2.02 bits per heavy atom. The van der Waals surface area contributed by atoms with Crippen LogP contribution in [0.4, 0.5) is 11.4 Å². The molecule has 0 bridgehead atoms. The van der Waals surface area contributed by atoms with Crippen LogP contribution in [0.5, 0.6) is 5.75 Å². The zero-order chi connectivity index (χ0) is 40.2. The Balaban J connectivity index is 0.837. The molecule has 8 rings (SSSR count). The Morgan fingerprint density at radius 2 is 1.36 bits per heavy atom. The van der Waals surface area contributed by atoms with Crippen LogP contribution >= 0.6 is 0 Å². The van der Waals surface area contributed by atoms with Gasteiger partial charge in [0.1, 0.15) is 11.8 Å². The molecule has 297 valence electrons. The minimum absolute atomic E-state index is 0.101. The van der Waals surface area contributed by atoms with Gasteiger partial charge in [-0.25, -0.2) is 0 Å². The lowest BCUT2D eigenvalue weighted by molar-refractivity contribution is -0.136. The summed E-state index contributed by atoms with van der Waals surface area (Å²) in [7, 11) is 0.704. The summed E-state index contributed by atoms with van der Waals surface area (Å²) in [5.41, 5.74) is 8.71. The molecule has 4 aliphatic rings. The molecule has 1 atom stereocenters. The number of nitrogens with one attached hydrogen (secondary N) is 1. The SMILES string of the molecule is CC/C(=C(/c1ccc(O[B]O)cc1)c1ccc(N2CCC(CCN3CCN(c4ccc5c(c4)C(=O)N(C4CCC(=O)NC4=O)C5=O)CC3)CC2)cc1)c1ccccc1. The average Bonchev–Trinajstić information content (AvgIpc) is 3.51. The molecule has 1 unspecified atom stereocenters. The first-order chi connectivity index (χ1) is 28.3. The van der Waals surface area contributed by atoms with E-state index in [9.17, 15) is 19.2 Å². The normalized spacial score (nSPS) is 19.6. The molecule has 0 spiro atoms. The standard InChI is InChI=1S/C46H49BN5O6/c1-2-38(32-6-4-3-5-7-32)43(34-10-15-37(16-11-34)58-47-57)33-8-12-35(13-9-33)50-24-21-31(22-25-50)20-23-49-26-28-51(29-27-49)36-14-17-39-40(30-36)46(56)52(45(39)55)41-18-19-42(53)48-44(41)54/h3-17,30-31,41,57H,2,18-29H2,1H3,(H,48,53,54)/b43-38-. The minimum atomic E-state index is -0.962. The third kappa shape index (κ3) is 8.17. The van der Waals surface area contributed by atoms with E-state index in [0.29, 0.717) is 30.5 Å². The highest BCUT2D eigenvalue weighted by Crippen LogP contribution is 2.37. The van der Waals surface area contributed by atoms with Gasteiger partial charge in [0.15, 0.2) is 0 Å². The van der Waals surface area contributed by atoms with Gasteiger partial charge in [-0.15, -0.1) is 0 Å². The highest BCUT2D eigenvalue weighted by Gasteiger charge is 2.44. The fourth-order valence-corrected chi connectivity index (χ4v) is 9.01. The van der Waals surface area contributed by atoms with Crippen molar-refractivity contribution in [3.05, 3.63) is 125 Å². The van der Waals surface area contributed by atoms with Crippen LogP contribution in [0.25, 0.3) is 11.1 Å². The summed E-state index contributed by atoms with van der Waals surface area (Å²) in [5, 5.41) is 11.4. The maximum atomic E-state index is 13.3. The number of fused-ring (bicyclic) bond motifs is 1. The van der Waals surface area contributed by atoms with Gasteiger partial charge < -0.3 is 19.5 Å². The lowest BCUT2D eigenvalue weighted by atomic mass is 9.88. The van der Waals surface area contributed by atoms with Crippen LogP contribution in [0.1, 0.15) is 82.9 Å². The molecular formula is C46H49BN5O6. The van der Waals surface area contributed by atoms with Crippen LogP contribution in [-0.2, 0) is 9.59 Å². The zero-order valence-electron chi connectivity index (χ0n) is 32.9. The van der Waals surface area contributed by atoms with Gasteiger partial charge in [0.05, 0.1) is 11.1 Å². The molecule has 0 aliphatic carbocycles. The first-order valence-corrected chi connectivity index (χ1v) is 20.5. The van der Waals surface area contributed by atoms with E-state index in [2.05, 4.69) is 75.5 Å². The minimum Gasteiger partial charge on any atom is -0.537 e. The Bertz CT molecular complexity index is 2180. The molecule has 4 amide bonds. The van der Waals surface area contributed by atoms with E-state index >= 15 is 0 Å². The number of benzene rings is 4. The van der Waals surface area contributed by atoms with Gasteiger partial charge in [0.2, 0.25) is 11.8 Å². The van der Waals surface area contributed by atoms with Gasteiger partial charge >= 0.3 is 7.69 Å². The number of carbonyl (C=O) groups excluding carboxylic acids is 4. The van der Waals surface area contributed by atoms with Gasteiger partial charge in [-0.1, -0.05) is 61.5 Å². The van der Waals surface area contributed by atoms with Crippen molar-refractivity contribution in [3.8, 4) is 5.75 Å². The highest BCUT2D eigenvalue weighted by atomic mass is 16.5. The molecule has 2 N–H and O–H groups in total. The summed E-state index contributed by atoms with van der Waals surface area (Å²) >= 11 is 0. The molecule has 4 heterocycles. The predicted molar refractivity (Wildman–Crippen MR) is 225 cm³/mol. The Labute approximate surface area is 340 Å². The third-order valence-corrected chi connectivity index (χ3v) is 12.3. The second-order valence-corrected chi connectivity index (χ2v) is 15.6. The molecule has 4 aromatic rings. The number of carbonyl (C=O) groups is 4. The number of allylic oxidation sites excluding steroid dienone is 1. The second kappa shape index (κ2) is 17.4.